The van der Waals surface area contributed by atoms with Gasteiger partial charge in [0.1, 0.15) is 5.75 Å². The van der Waals surface area contributed by atoms with Crippen LogP contribution in [0.4, 0.5) is 5.69 Å². The first-order valence-electron chi connectivity index (χ1n) is 7.70. The van der Waals surface area contributed by atoms with E-state index in [4.69, 9.17) is 4.74 Å². The number of methoxy groups -OCH3 is 1. The van der Waals surface area contributed by atoms with E-state index in [-0.39, 0.29) is 4.90 Å². The van der Waals surface area contributed by atoms with Crippen LogP contribution in [0.5, 0.6) is 5.75 Å². The van der Waals surface area contributed by atoms with Crippen LogP contribution in [0.3, 0.4) is 0 Å². The van der Waals surface area contributed by atoms with Crippen molar-refractivity contribution >= 4 is 21.9 Å². The molecule has 0 radical (unpaired) electrons. The van der Waals surface area contributed by atoms with E-state index >= 15 is 0 Å². The molecule has 7 heteroatoms. The lowest BCUT2D eigenvalue weighted by Crippen LogP contribution is -2.29. The zero-order valence-electron chi connectivity index (χ0n) is 14.7. The summed E-state index contributed by atoms with van der Waals surface area (Å²) in [6.07, 6.45) is 1.44. The van der Waals surface area contributed by atoms with Crippen molar-refractivity contribution in [3.63, 3.8) is 0 Å². The maximum absolute atomic E-state index is 12.5. The minimum absolute atomic E-state index is 0.112. The molecule has 1 N–H and O–H groups in total. The number of hydrogen-bond acceptors (Lipinski definition) is 4. The molecule has 0 aliphatic heterocycles. The first-order chi connectivity index (χ1) is 11.6. The number of anilines is 1. The molecular formula is C18H22N2O4S. The number of nitrogens with one attached hydrogen (secondary N) is 1. The highest BCUT2D eigenvalue weighted by atomic mass is 32.2. The van der Waals surface area contributed by atoms with Gasteiger partial charge in [0.05, 0.1) is 17.7 Å². The van der Waals surface area contributed by atoms with Crippen LogP contribution in [0.15, 0.2) is 53.4 Å². The molecule has 0 bridgehead atoms. The van der Waals surface area contributed by atoms with Gasteiger partial charge in [-0.15, -0.1) is 0 Å². The van der Waals surface area contributed by atoms with Crippen LogP contribution in [0.1, 0.15) is 26.3 Å². The summed E-state index contributed by atoms with van der Waals surface area (Å²) in [5.41, 5.74) is 0.484. The van der Waals surface area contributed by atoms with Crippen LogP contribution in [0.25, 0.3) is 0 Å². The molecule has 0 aliphatic rings. The summed E-state index contributed by atoms with van der Waals surface area (Å²) in [5, 5.41) is 11.9. The van der Waals surface area contributed by atoms with Gasteiger partial charge in [0.25, 0.3) is 10.0 Å². The van der Waals surface area contributed by atoms with E-state index in [0.717, 1.165) is 4.74 Å². The molecule has 0 heterocycles. The summed E-state index contributed by atoms with van der Waals surface area (Å²) in [6, 6.07) is 12.8. The van der Waals surface area contributed by atoms with Crippen molar-refractivity contribution in [1.29, 1.82) is 0 Å². The molecule has 0 aromatic heterocycles. The van der Waals surface area contributed by atoms with Gasteiger partial charge in [-0.25, -0.2) is 13.2 Å². The Morgan fingerprint density at radius 1 is 1.12 bits per heavy atom. The van der Waals surface area contributed by atoms with Gasteiger partial charge in [-0.2, -0.15) is 0 Å². The maximum atomic E-state index is 12.5. The predicted molar refractivity (Wildman–Crippen MR) is 98.8 cm³/mol. The van der Waals surface area contributed by atoms with Crippen molar-refractivity contribution in [3.8, 4) is 5.75 Å². The predicted octanol–water partition coefficient (Wildman–Crippen LogP) is 3.22. The fourth-order valence-electron chi connectivity index (χ4n) is 1.96. The van der Waals surface area contributed by atoms with E-state index in [2.05, 4.69) is 4.72 Å². The summed E-state index contributed by atoms with van der Waals surface area (Å²) < 4.78 is 33.3. The van der Waals surface area contributed by atoms with Crippen molar-refractivity contribution in [1.82, 2.24) is 0 Å². The Morgan fingerprint density at radius 2 is 1.76 bits per heavy atom. The first kappa shape index (κ1) is 18.8. The topological polar surface area (TPSA) is 81.5 Å². The minimum atomic E-state index is -3.72. The number of hydroxylamine groups is 1. The van der Waals surface area contributed by atoms with E-state index in [1.807, 2.05) is 0 Å². The maximum Gasteiger partial charge on any atom is 0.261 e. The van der Waals surface area contributed by atoms with Crippen molar-refractivity contribution < 1.29 is 17.9 Å². The van der Waals surface area contributed by atoms with Gasteiger partial charge in [-0.1, -0.05) is 6.07 Å². The Labute approximate surface area is 148 Å². The average molecular weight is 362 g/mol. The van der Waals surface area contributed by atoms with Crippen molar-refractivity contribution in [2.24, 2.45) is 0 Å². The van der Waals surface area contributed by atoms with Gasteiger partial charge >= 0.3 is 0 Å². The number of sulfonamides is 1. The van der Waals surface area contributed by atoms with Crippen molar-refractivity contribution in [3.05, 3.63) is 59.3 Å². The fourth-order valence-corrected chi connectivity index (χ4v) is 3.01. The standard InChI is InChI=1S/C18H22N2O4S/c1-18(2,3)20(21)13-14-8-10-17(11-9-14)25(22,23)19-15-6-5-7-16(12-15)24-4/h5-13,19H,1-4H3. The summed E-state index contributed by atoms with van der Waals surface area (Å²) in [7, 11) is -2.21. The highest BCUT2D eigenvalue weighted by Gasteiger charge is 2.18. The molecule has 0 fully saturated rings. The molecular weight excluding hydrogens is 340 g/mol. The van der Waals surface area contributed by atoms with Gasteiger partial charge in [0.2, 0.25) is 0 Å². The van der Waals surface area contributed by atoms with E-state index in [9.17, 15) is 13.6 Å². The molecule has 0 saturated heterocycles. The SMILES string of the molecule is COc1cccc(NS(=O)(=O)c2ccc(C=[N+]([O-])C(C)(C)C)cc2)c1. The molecule has 0 spiro atoms. The normalized spacial score (nSPS) is 12.7. The lowest BCUT2D eigenvalue weighted by Gasteiger charge is -2.18. The average Bonchev–Trinajstić information content (AvgIpc) is 2.54. The molecule has 0 aliphatic carbocycles. The number of nitrogens with zero attached hydrogens (tertiary/aromatic N) is 1. The van der Waals surface area contributed by atoms with E-state index in [1.54, 1.807) is 57.2 Å². The molecule has 25 heavy (non-hydrogen) atoms. The van der Waals surface area contributed by atoms with E-state index in [0.29, 0.717) is 17.0 Å². The third kappa shape index (κ3) is 4.96. The second-order valence-electron chi connectivity index (χ2n) is 6.53. The molecule has 0 amide bonds. The summed E-state index contributed by atoms with van der Waals surface area (Å²) in [4.78, 5) is 0.112. The molecule has 0 unspecified atom stereocenters. The number of rotatable bonds is 5. The van der Waals surface area contributed by atoms with E-state index < -0.39 is 15.6 Å². The minimum Gasteiger partial charge on any atom is -0.623 e. The van der Waals surface area contributed by atoms with Crippen LogP contribution in [-0.4, -0.2) is 32.0 Å². The summed E-state index contributed by atoms with van der Waals surface area (Å²) in [6.45, 7) is 5.40. The third-order valence-electron chi connectivity index (χ3n) is 3.44. The lowest BCUT2D eigenvalue weighted by atomic mass is 10.1. The van der Waals surface area contributed by atoms with Crippen LogP contribution >= 0.6 is 0 Å². The second-order valence-corrected chi connectivity index (χ2v) is 8.21. The summed E-state index contributed by atoms with van der Waals surface area (Å²) >= 11 is 0. The molecule has 0 saturated carbocycles. The first-order valence-corrected chi connectivity index (χ1v) is 9.18. The van der Waals surface area contributed by atoms with Crippen LogP contribution in [0, 0.1) is 5.21 Å². The van der Waals surface area contributed by atoms with Gasteiger partial charge in [0, 0.05) is 32.4 Å². The smallest absolute Gasteiger partial charge is 0.261 e. The van der Waals surface area contributed by atoms with Gasteiger partial charge < -0.3 is 9.94 Å². The highest BCUT2D eigenvalue weighted by molar-refractivity contribution is 7.92. The molecule has 2 aromatic carbocycles. The molecule has 2 aromatic rings. The highest BCUT2D eigenvalue weighted by Crippen LogP contribution is 2.20. The Morgan fingerprint density at radius 3 is 2.32 bits per heavy atom. The zero-order chi connectivity index (χ0) is 18.7. The largest absolute Gasteiger partial charge is 0.623 e. The molecule has 134 valence electrons. The molecule has 6 nitrogen and oxygen atoms in total. The molecule has 2 rings (SSSR count). The number of benzene rings is 2. The second kappa shape index (κ2) is 7.14. The third-order valence-corrected chi connectivity index (χ3v) is 4.84. The van der Waals surface area contributed by atoms with Crippen molar-refractivity contribution in [2.75, 3.05) is 11.8 Å². The van der Waals surface area contributed by atoms with Crippen LogP contribution < -0.4 is 9.46 Å². The van der Waals surface area contributed by atoms with Gasteiger partial charge in [-0.3, -0.25) is 4.72 Å². The number of ether oxygens (including phenoxy) is 1. The zero-order valence-corrected chi connectivity index (χ0v) is 15.5. The lowest BCUT2D eigenvalue weighted by molar-refractivity contribution is -0.530. The van der Waals surface area contributed by atoms with Gasteiger partial charge in [-0.05, 0) is 36.4 Å². The quantitative estimate of drug-likeness (QED) is 0.383. The Kier molecular flexibility index (Phi) is 5.37. The Balaban J connectivity index is 2.23. The Bertz CT molecular complexity index is 867. The van der Waals surface area contributed by atoms with Crippen LogP contribution in [0.2, 0.25) is 0 Å². The van der Waals surface area contributed by atoms with Crippen molar-refractivity contribution in [2.45, 2.75) is 31.2 Å². The monoisotopic (exact) mass is 362 g/mol. The van der Waals surface area contributed by atoms with E-state index in [1.165, 1.54) is 25.5 Å². The van der Waals surface area contributed by atoms with Gasteiger partial charge in [0.15, 0.2) is 11.8 Å². The summed E-state index contributed by atoms with van der Waals surface area (Å²) in [5.74, 6) is 0.558. The number of hydrogen-bond donors (Lipinski definition) is 1. The molecule has 0 atom stereocenters. The fraction of sp³-hybridized carbons (Fsp3) is 0.278. The Hall–Kier alpha value is -2.54. The van der Waals surface area contributed by atoms with Crippen LogP contribution in [-0.2, 0) is 10.0 Å².